The minimum atomic E-state index is -0.780. The fourth-order valence-corrected chi connectivity index (χ4v) is 10.6. The molecular weight excluding hydrogens is 973 g/mol. The van der Waals surface area contributed by atoms with E-state index in [4.69, 9.17) is 14.2 Å². The molecule has 0 aromatic heterocycles. The van der Waals surface area contributed by atoms with E-state index < -0.39 is 6.10 Å². The van der Waals surface area contributed by atoms with Crippen LogP contribution in [0.5, 0.6) is 0 Å². The fraction of sp³-hybridized carbons (Fsp3) is 0.849. The molecule has 0 saturated heterocycles. The first kappa shape index (κ1) is 76.4. The Hall–Kier alpha value is -2.63. The van der Waals surface area contributed by atoms with E-state index in [1.54, 1.807) is 0 Å². The minimum absolute atomic E-state index is 0.0766. The number of carbonyl (C=O) groups excluding carboxylic acids is 3. The van der Waals surface area contributed by atoms with Gasteiger partial charge in [0.05, 0.1) is 0 Å². The maximum Gasteiger partial charge on any atom is 0.306 e. The quantitative estimate of drug-likeness (QED) is 0.0261. The highest BCUT2D eigenvalue weighted by Gasteiger charge is 2.19. The Morgan fingerprint density at radius 1 is 0.266 bits per heavy atom. The summed E-state index contributed by atoms with van der Waals surface area (Å²) >= 11 is 0. The van der Waals surface area contributed by atoms with E-state index in [0.717, 1.165) is 96.3 Å². The summed E-state index contributed by atoms with van der Waals surface area (Å²) < 4.78 is 16.9. The Labute approximate surface area is 492 Å². The zero-order chi connectivity index (χ0) is 57.1. The normalized spacial score (nSPS) is 12.3. The lowest BCUT2D eigenvalue weighted by Crippen LogP contribution is -2.30. The van der Waals surface area contributed by atoms with Crippen LogP contribution in [0, 0.1) is 0 Å². The van der Waals surface area contributed by atoms with Crippen molar-refractivity contribution < 1.29 is 28.6 Å². The van der Waals surface area contributed by atoms with Crippen molar-refractivity contribution in [1.29, 1.82) is 0 Å². The van der Waals surface area contributed by atoms with E-state index in [9.17, 15) is 14.4 Å². The van der Waals surface area contributed by atoms with Crippen molar-refractivity contribution in [1.82, 2.24) is 0 Å². The molecule has 0 N–H and O–H groups in total. The number of rotatable bonds is 65. The fourth-order valence-electron chi connectivity index (χ4n) is 10.6. The maximum atomic E-state index is 12.9. The van der Waals surface area contributed by atoms with Gasteiger partial charge in [-0.3, -0.25) is 14.4 Å². The minimum Gasteiger partial charge on any atom is -0.462 e. The van der Waals surface area contributed by atoms with Crippen molar-refractivity contribution in [2.45, 2.75) is 386 Å². The lowest BCUT2D eigenvalue weighted by atomic mass is 10.0. The Morgan fingerprint density at radius 3 is 0.835 bits per heavy atom. The molecule has 1 atom stereocenters. The second-order valence-corrected chi connectivity index (χ2v) is 23.8. The Kier molecular flexibility index (Phi) is 65.6. The first-order valence-electron chi connectivity index (χ1n) is 35.1. The van der Waals surface area contributed by atoms with Gasteiger partial charge in [-0.1, -0.05) is 339 Å². The van der Waals surface area contributed by atoms with Gasteiger partial charge in [0, 0.05) is 19.3 Å². The predicted octanol–water partition coefficient (Wildman–Crippen LogP) is 24.1. The second kappa shape index (κ2) is 67.9. The van der Waals surface area contributed by atoms with Crippen molar-refractivity contribution in [2.75, 3.05) is 13.2 Å². The second-order valence-electron chi connectivity index (χ2n) is 23.8. The number of allylic oxidation sites excluding steroid dienone is 8. The van der Waals surface area contributed by atoms with E-state index in [1.807, 2.05) is 0 Å². The summed E-state index contributed by atoms with van der Waals surface area (Å²) in [6.45, 7) is 6.51. The lowest BCUT2D eigenvalue weighted by molar-refractivity contribution is -0.167. The SMILES string of the molecule is CC/C=C\C/C=C\C/C=C\CCCCCCCCCC(=O)OC(COC(=O)CCCCCCC/C=C\CCC)COC(=O)CCCCCCCCCCCCCCCCCCCCCCCCCCCCCCCCCCCC. The number of esters is 3. The van der Waals surface area contributed by atoms with Crippen molar-refractivity contribution in [2.24, 2.45) is 0 Å². The van der Waals surface area contributed by atoms with Crippen molar-refractivity contribution in [3.05, 3.63) is 48.6 Å². The van der Waals surface area contributed by atoms with E-state index in [1.165, 1.54) is 244 Å². The number of ether oxygens (including phenoxy) is 3. The van der Waals surface area contributed by atoms with Crippen LogP contribution in [0.15, 0.2) is 48.6 Å². The van der Waals surface area contributed by atoms with Crippen LogP contribution < -0.4 is 0 Å². The van der Waals surface area contributed by atoms with Crippen LogP contribution in [0.1, 0.15) is 380 Å². The van der Waals surface area contributed by atoms with Gasteiger partial charge in [0.15, 0.2) is 6.10 Å². The van der Waals surface area contributed by atoms with E-state index in [2.05, 4.69) is 69.4 Å². The van der Waals surface area contributed by atoms with Crippen molar-refractivity contribution in [3.63, 3.8) is 0 Å². The predicted molar refractivity (Wildman–Crippen MR) is 344 cm³/mol. The molecule has 0 spiro atoms. The van der Waals surface area contributed by atoms with Crippen LogP contribution in [0.2, 0.25) is 0 Å². The van der Waals surface area contributed by atoms with Gasteiger partial charge < -0.3 is 14.2 Å². The summed E-state index contributed by atoms with van der Waals surface area (Å²) in [4.78, 5) is 38.2. The number of hydrogen-bond acceptors (Lipinski definition) is 6. The highest BCUT2D eigenvalue weighted by atomic mass is 16.6. The summed E-state index contributed by atoms with van der Waals surface area (Å²) in [5, 5.41) is 0. The standard InChI is InChI=1S/C73H134O6/c1-4-7-10-13-16-19-22-24-26-28-29-30-31-32-33-34-35-36-37-38-39-40-41-42-43-44-46-47-49-51-54-57-60-63-66-72(75)78-69-70(68-77-71(74)65-62-59-56-53-21-18-15-12-9-6-3)79-73(76)67-64-61-58-55-52-50-48-45-27-25-23-20-17-14-11-8-5-2/h8,11-12,15,17,20,25,27,70H,4-7,9-10,13-14,16,18-19,21-24,26,28-69H2,1-3H3/b11-8-,15-12-,20-17-,27-25-. The molecule has 0 aliphatic carbocycles. The third kappa shape index (κ3) is 66.1. The summed E-state index contributed by atoms with van der Waals surface area (Å²) in [5.41, 5.74) is 0. The van der Waals surface area contributed by atoms with Crippen LogP contribution in [-0.4, -0.2) is 37.2 Å². The van der Waals surface area contributed by atoms with Gasteiger partial charge >= 0.3 is 17.9 Å². The molecule has 0 aromatic carbocycles. The van der Waals surface area contributed by atoms with Gasteiger partial charge in [-0.25, -0.2) is 0 Å². The molecule has 0 aliphatic heterocycles. The first-order chi connectivity index (χ1) is 39.0. The van der Waals surface area contributed by atoms with Gasteiger partial charge in [-0.15, -0.1) is 0 Å². The molecular formula is C73H134O6. The average molecular weight is 1110 g/mol. The highest BCUT2D eigenvalue weighted by molar-refractivity contribution is 5.71. The van der Waals surface area contributed by atoms with Gasteiger partial charge in [0.25, 0.3) is 0 Å². The summed E-state index contributed by atoms with van der Waals surface area (Å²) in [6, 6.07) is 0. The van der Waals surface area contributed by atoms with Crippen LogP contribution in [-0.2, 0) is 28.6 Å². The summed E-state index contributed by atoms with van der Waals surface area (Å²) in [7, 11) is 0. The first-order valence-corrected chi connectivity index (χ1v) is 35.1. The van der Waals surface area contributed by atoms with E-state index in [0.29, 0.717) is 19.3 Å². The molecule has 462 valence electrons. The van der Waals surface area contributed by atoms with E-state index in [-0.39, 0.29) is 31.1 Å². The van der Waals surface area contributed by atoms with Gasteiger partial charge in [0.1, 0.15) is 13.2 Å². The van der Waals surface area contributed by atoms with Crippen LogP contribution in [0.3, 0.4) is 0 Å². The molecule has 0 aliphatic rings. The average Bonchev–Trinajstić information content (AvgIpc) is 3.45. The molecule has 79 heavy (non-hydrogen) atoms. The number of unbranched alkanes of at least 4 members (excludes halogenated alkanes) is 46. The van der Waals surface area contributed by atoms with Gasteiger partial charge in [-0.2, -0.15) is 0 Å². The van der Waals surface area contributed by atoms with Crippen LogP contribution in [0.4, 0.5) is 0 Å². The molecule has 0 aromatic rings. The van der Waals surface area contributed by atoms with Gasteiger partial charge in [0.2, 0.25) is 0 Å². The topological polar surface area (TPSA) is 78.9 Å². The summed E-state index contributed by atoms with van der Waals surface area (Å²) in [6.07, 6.45) is 86.1. The highest BCUT2D eigenvalue weighted by Crippen LogP contribution is 2.19. The number of hydrogen-bond donors (Lipinski definition) is 0. The Bertz CT molecular complexity index is 1360. The van der Waals surface area contributed by atoms with Crippen molar-refractivity contribution in [3.8, 4) is 0 Å². The molecule has 0 rings (SSSR count). The lowest BCUT2D eigenvalue weighted by Gasteiger charge is -2.18. The maximum absolute atomic E-state index is 12.9. The monoisotopic (exact) mass is 1110 g/mol. The molecule has 0 heterocycles. The summed E-state index contributed by atoms with van der Waals surface area (Å²) in [5.74, 6) is -0.878. The third-order valence-corrected chi connectivity index (χ3v) is 15.8. The smallest absolute Gasteiger partial charge is 0.306 e. The Balaban J connectivity index is 4.02. The third-order valence-electron chi connectivity index (χ3n) is 15.8. The van der Waals surface area contributed by atoms with Crippen LogP contribution in [0.25, 0.3) is 0 Å². The van der Waals surface area contributed by atoms with E-state index >= 15 is 0 Å². The van der Waals surface area contributed by atoms with Gasteiger partial charge in [-0.05, 0) is 70.6 Å². The molecule has 0 bridgehead atoms. The molecule has 6 nitrogen and oxygen atoms in total. The zero-order valence-electron chi connectivity index (χ0n) is 53.2. The Morgan fingerprint density at radius 2 is 0.519 bits per heavy atom. The molecule has 6 heteroatoms. The molecule has 0 fully saturated rings. The molecule has 1 unspecified atom stereocenters. The zero-order valence-corrected chi connectivity index (χ0v) is 53.2. The van der Waals surface area contributed by atoms with Crippen molar-refractivity contribution >= 4 is 17.9 Å². The molecule has 0 amide bonds. The number of carbonyl (C=O) groups is 3. The van der Waals surface area contributed by atoms with Crippen LogP contribution >= 0.6 is 0 Å². The largest absolute Gasteiger partial charge is 0.462 e. The molecule has 0 radical (unpaired) electrons. The molecule has 0 saturated carbocycles.